The zero-order chi connectivity index (χ0) is 7.82. The molecule has 0 aliphatic heterocycles. The lowest BCUT2D eigenvalue weighted by molar-refractivity contribution is 0.508. The van der Waals surface area contributed by atoms with E-state index in [2.05, 4.69) is 13.2 Å². The van der Waals surface area contributed by atoms with Gasteiger partial charge in [0.1, 0.15) is 0 Å². The highest BCUT2D eigenvalue weighted by atomic mass is 14.5. The smallest absolute Gasteiger partial charge is 0.00458 e. The van der Waals surface area contributed by atoms with Gasteiger partial charge >= 0.3 is 0 Å². The third-order valence-corrected chi connectivity index (χ3v) is 1.61. The van der Waals surface area contributed by atoms with E-state index in [1.165, 1.54) is 0 Å². The first-order chi connectivity index (χ1) is 4.85. The van der Waals surface area contributed by atoms with Crippen molar-refractivity contribution in [3.63, 3.8) is 0 Å². The molecule has 1 unspecified atom stereocenters. The number of hydrogen-bond donors (Lipinski definition) is 1. The molecule has 0 spiro atoms. The molecule has 0 aromatic rings. The van der Waals surface area contributed by atoms with Crippen LogP contribution in [-0.4, -0.2) is 6.54 Å². The number of hydrogen-bond acceptors (Lipinski definition) is 1. The molecule has 2 N–H and O–H groups in total. The van der Waals surface area contributed by atoms with Crippen molar-refractivity contribution >= 4 is 0 Å². The normalized spacial score (nSPS) is 12.5. The molecule has 0 bridgehead atoms. The van der Waals surface area contributed by atoms with Crippen LogP contribution in [0.4, 0.5) is 0 Å². The van der Waals surface area contributed by atoms with Gasteiger partial charge in [-0.05, 0) is 31.7 Å². The van der Waals surface area contributed by atoms with Gasteiger partial charge in [-0.25, -0.2) is 0 Å². The number of rotatable bonds is 6. The zero-order valence-electron chi connectivity index (χ0n) is 6.55. The third-order valence-electron chi connectivity index (χ3n) is 1.61. The largest absolute Gasteiger partial charge is 0.330 e. The topological polar surface area (TPSA) is 26.0 Å². The van der Waals surface area contributed by atoms with E-state index in [4.69, 9.17) is 5.73 Å². The molecule has 1 nitrogen and oxygen atoms in total. The van der Waals surface area contributed by atoms with Crippen molar-refractivity contribution in [2.24, 2.45) is 11.7 Å². The summed E-state index contributed by atoms with van der Waals surface area (Å²) < 4.78 is 0. The maximum Gasteiger partial charge on any atom is -0.00458 e. The molecule has 0 aromatic heterocycles. The van der Waals surface area contributed by atoms with Gasteiger partial charge < -0.3 is 5.73 Å². The van der Waals surface area contributed by atoms with Crippen molar-refractivity contribution in [2.75, 3.05) is 6.54 Å². The monoisotopic (exact) mass is 139 g/mol. The Morgan fingerprint density at radius 3 is 2.40 bits per heavy atom. The maximum atomic E-state index is 5.52. The lowest BCUT2D eigenvalue weighted by Crippen LogP contribution is -2.13. The molecule has 1 heteroatoms. The van der Waals surface area contributed by atoms with Gasteiger partial charge in [0.25, 0.3) is 0 Å². The van der Waals surface area contributed by atoms with Crippen LogP contribution in [0.1, 0.15) is 19.3 Å². The highest BCUT2D eigenvalue weighted by Crippen LogP contribution is 2.09. The standard InChI is InChI=1S/C9H17N/c1-3-5-7-9(8-10)6-4-2/h3-4,9H,1-2,5-8,10H2. The summed E-state index contributed by atoms with van der Waals surface area (Å²) >= 11 is 0. The van der Waals surface area contributed by atoms with Crippen LogP contribution in [0.5, 0.6) is 0 Å². The van der Waals surface area contributed by atoms with E-state index >= 15 is 0 Å². The predicted molar refractivity (Wildman–Crippen MR) is 46.8 cm³/mol. The van der Waals surface area contributed by atoms with Crippen molar-refractivity contribution in [3.8, 4) is 0 Å². The van der Waals surface area contributed by atoms with Crippen LogP contribution in [0, 0.1) is 5.92 Å². The molecule has 0 saturated heterocycles. The van der Waals surface area contributed by atoms with E-state index in [0.717, 1.165) is 25.8 Å². The van der Waals surface area contributed by atoms with Crippen molar-refractivity contribution in [3.05, 3.63) is 25.3 Å². The van der Waals surface area contributed by atoms with Crippen molar-refractivity contribution in [1.29, 1.82) is 0 Å². The van der Waals surface area contributed by atoms with Crippen LogP contribution in [0.2, 0.25) is 0 Å². The molecule has 58 valence electrons. The molecule has 10 heavy (non-hydrogen) atoms. The summed E-state index contributed by atoms with van der Waals surface area (Å²) in [7, 11) is 0. The minimum atomic E-state index is 0.607. The lowest BCUT2D eigenvalue weighted by Gasteiger charge is -2.09. The maximum absolute atomic E-state index is 5.52. The summed E-state index contributed by atoms with van der Waals surface area (Å²) in [6.45, 7) is 8.10. The number of allylic oxidation sites excluding steroid dienone is 2. The van der Waals surface area contributed by atoms with E-state index in [-0.39, 0.29) is 0 Å². The second-order valence-electron chi connectivity index (χ2n) is 2.49. The van der Waals surface area contributed by atoms with Gasteiger partial charge in [-0.3, -0.25) is 0 Å². The summed E-state index contributed by atoms with van der Waals surface area (Å²) in [4.78, 5) is 0. The zero-order valence-corrected chi connectivity index (χ0v) is 6.55. The third kappa shape index (κ3) is 4.33. The first-order valence-electron chi connectivity index (χ1n) is 3.77. The molecule has 0 amide bonds. The summed E-state index contributed by atoms with van der Waals surface area (Å²) in [5, 5.41) is 0. The summed E-state index contributed by atoms with van der Waals surface area (Å²) in [5.74, 6) is 0.607. The summed E-state index contributed by atoms with van der Waals surface area (Å²) in [6.07, 6.45) is 7.11. The second kappa shape index (κ2) is 6.56. The minimum absolute atomic E-state index is 0.607. The Hall–Kier alpha value is -0.560. The van der Waals surface area contributed by atoms with E-state index < -0.39 is 0 Å². The lowest BCUT2D eigenvalue weighted by atomic mass is 10.00. The van der Waals surface area contributed by atoms with Gasteiger partial charge in [0.05, 0.1) is 0 Å². The van der Waals surface area contributed by atoms with Crippen molar-refractivity contribution in [2.45, 2.75) is 19.3 Å². The van der Waals surface area contributed by atoms with E-state index in [1.54, 1.807) is 0 Å². The van der Waals surface area contributed by atoms with Gasteiger partial charge in [0.15, 0.2) is 0 Å². The Balaban J connectivity index is 3.38. The van der Waals surface area contributed by atoms with Crippen LogP contribution in [0.15, 0.2) is 25.3 Å². The first-order valence-corrected chi connectivity index (χ1v) is 3.77. The first kappa shape index (κ1) is 9.44. The Bertz CT molecular complexity index is 96.9. The average molecular weight is 139 g/mol. The van der Waals surface area contributed by atoms with Gasteiger partial charge in [-0.2, -0.15) is 0 Å². The van der Waals surface area contributed by atoms with Crippen LogP contribution >= 0.6 is 0 Å². The SMILES string of the molecule is C=CCCC(CN)CC=C. The minimum Gasteiger partial charge on any atom is -0.330 e. The molecule has 1 atom stereocenters. The Labute approximate surface area is 63.6 Å². The average Bonchev–Trinajstić information content (AvgIpc) is 1.98. The molecular weight excluding hydrogens is 122 g/mol. The van der Waals surface area contributed by atoms with Gasteiger partial charge in [0, 0.05) is 0 Å². The van der Waals surface area contributed by atoms with Gasteiger partial charge in [-0.1, -0.05) is 12.2 Å². The van der Waals surface area contributed by atoms with Crippen LogP contribution in [-0.2, 0) is 0 Å². The molecule has 0 radical (unpaired) electrons. The highest BCUT2D eigenvalue weighted by molar-refractivity contribution is 4.76. The quantitative estimate of drug-likeness (QED) is 0.560. The molecule has 0 aliphatic carbocycles. The number of nitrogens with two attached hydrogens (primary N) is 1. The summed E-state index contributed by atoms with van der Waals surface area (Å²) in [6, 6.07) is 0. The molecule has 0 saturated carbocycles. The van der Waals surface area contributed by atoms with Crippen LogP contribution < -0.4 is 5.73 Å². The Morgan fingerprint density at radius 2 is 2.00 bits per heavy atom. The molecular formula is C9H17N. The Kier molecular flexibility index (Phi) is 6.19. The van der Waals surface area contributed by atoms with E-state index in [1.807, 2.05) is 12.2 Å². The fourth-order valence-corrected chi connectivity index (χ4v) is 0.921. The van der Waals surface area contributed by atoms with Gasteiger partial charge in [-0.15, -0.1) is 13.2 Å². The fraction of sp³-hybridized carbons (Fsp3) is 0.556. The Morgan fingerprint density at radius 1 is 1.30 bits per heavy atom. The van der Waals surface area contributed by atoms with Crippen LogP contribution in [0.25, 0.3) is 0 Å². The van der Waals surface area contributed by atoms with Gasteiger partial charge in [0.2, 0.25) is 0 Å². The molecule has 0 aliphatic rings. The fourth-order valence-electron chi connectivity index (χ4n) is 0.921. The van der Waals surface area contributed by atoms with E-state index in [0.29, 0.717) is 5.92 Å². The highest BCUT2D eigenvalue weighted by Gasteiger charge is 2.01. The predicted octanol–water partition coefficient (Wildman–Crippen LogP) is 2.10. The second-order valence-corrected chi connectivity index (χ2v) is 2.49. The van der Waals surface area contributed by atoms with Crippen LogP contribution in [0.3, 0.4) is 0 Å². The van der Waals surface area contributed by atoms with E-state index in [9.17, 15) is 0 Å². The molecule has 0 aromatic carbocycles. The summed E-state index contributed by atoms with van der Waals surface area (Å²) in [5.41, 5.74) is 5.52. The molecule has 0 rings (SSSR count). The van der Waals surface area contributed by atoms with Crippen molar-refractivity contribution in [1.82, 2.24) is 0 Å². The molecule has 0 fully saturated rings. The molecule has 0 heterocycles. The van der Waals surface area contributed by atoms with Crippen molar-refractivity contribution < 1.29 is 0 Å².